The Balaban J connectivity index is 4.77. The molecule has 0 aliphatic rings. The number of carboxylic acids is 1. The minimum absolute atomic E-state index is 0.0833. The van der Waals surface area contributed by atoms with Crippen LogP contribution in [0.1, 0.15) is 46.5 Å². The van der Waals surface area contributed by atoms with Gasteiger partial charge in [-0.1, -0.05) is 20.3 Å². The number of hydrogen-bond donors (Lipinski definition) is 7. The van der Waals surface area contributed by atoms with Crippen LogP contribution in [0.15, 0.2) is 0 Å². The molecule has 0 aromatic heterocycles. The second-order valence-corrected chi connectivity index (χ2v) is 7.42. The molecule has 0 fully saturated rings. The zero-order chi connectivity index (χ0) is 22.6. The van der Waals surface area contributed by atoms with Gasteiger partial charge in [0.2, 0.25) is 17.7 Å². The van der Waals surface area contributed by atoms with Crippen molar-refractivity contribution in [1.29, 1.82) is 0 Å². The molecule has 4 atom stereocenters. The van der Waals surface area contributed by atoms with Gasteiger partial charge >= 0.3 is 5.97 Å². The Labute approximate surface area is 171 Å². The second kappa shape index (κ2) is 13.9. The summed E-state index contributed by atoms with van der Waals surface area (Å²) in [5.74, 6) is -3.14. The van der Waals surface area contributed by atoms with Crippen LogP contribution in [0.5, 0.6) is 0 Å². The highest BCUT2D eigenvalue weighted by Crippen LogP contribution is 2.06. The van der Waals surface area contributed by atoms with Crippen LogP contribution in [0.4, 0.5) is 0 Å². The van der Waals surface area contributed by atoms with Crippen LogP contribution in [0.2, 0.25) is 0 Å². The summed E-state index contributed by atoms with van der Waals surface area (Å²) in [4.78, 5) is 47.5. The Hall–Kier alpha value is -2.24. The minimum Gasteiger partial charge on any atom is -0.480 e. The van der Waals surface area contributed by atoms with Gasteiger partial charge in [0.25, 0.3) is 0 Å². The highest BCUT2D eigenvalue weighted by Gasteiger charge is 2.27. The Kier molecular flexibility index (Phi) is 12.8. The van der Waals surface area contributed by atoms with Crippen molar-refractivity contribution in [3.63, 3.8) is 0 Å². The van der Waals surface area contributed by atoms with Crippen molar-refractivity contribution in [2.45, 2.75) is 70.7 Å². The van der Waals surface area contributed by atoms with Crippen LogP contribution in [-0.2, 0) is 19.2 Å². The number of aliphatic carboxylic acids is 1. The minimum atomic E-state index is -1.49. The van der Waals surface area contributed by atoms with Gasteiger partial charge in [-0.25, -0.2) is 4.79 Å². The molecular formula is C18H35N5O6. The molecule has 0 aliphatic carbocycles. The molecule has 0 radical (unpaired) electrons. The normalized spacial score (nSPS) is 15.1. The van der Waals surface area contributed by atoms with Crippen molar-refractivity contribution >= 4 is 23.7 Å². The van der Waals surface area contributed by atoms with Crippen molar-refractivity contribution in [2.75, 3.05) is 13.1 Å². The van der Waals surface area contributed by atoms with E-state index in [0.717, 1.165) is 6.42 Å². The number of unbranched alkanes of at least 4 members (excludes halogenated alkanes) is 1. The van der Waals surface area contributed by atoms with Crippen molar-refractivity contribution in [2.24, 2.45) is 17.4 Å². The first-order chi connectivity index (χ1) is 13.5. The third-order valence-electron chi connectivity index (χ3n) is 4.13. The molecule has 0 aromatic rings. The molecule has 9 N–H and O–H groups in total. The maximum atomic E-state index is 12.4. The topological polar surface area (TPSA) is 197 Å². The van der Waals surface area contributed by atoms with E-state index in [9.17, 15) is 24.3 Å². The maximum Gasteiger partial charge on any atom is 0.328 e. The fraction of sp³-hybridized carbons (Fsp3) is 0.778. The Morgan fingerprint density at radius 2 is 1.62 bits per heavy atom. The van der Waals surface area contributed by atoms with Crippen molar-refractivity contribution in [3.8, 4) is 0 Å². The highest BCUT2D eigenvalue weighted by atomic mass is 16.4. The Morgan fingerprint density at radius 3 is 2.10 bits per heavy atom. The lowest BCUT2D eigenvalue weighted by atomic mass is 10.0. The average molecular weight is 418 g/mol. The Morgan fingerprint density at radius 1 is 1.00 bits per heavy atom. The first-order valence-electron chi connectivity index (χ1n) is 9.73. The number of rotatable bonds is 14. The number of aliphatic hydroxyl groups excluding tert-OH is 1. The van der Waals surface area contributed by atoms with Crippen LogP contribution in [0.25, 0.3) is 0 Å². The van der Waals surface area contributed by atoms with E-state index in [4.69, 9.17) is 16.6 Å². The van der Waals surface area contributed by atoms with Gasteiger partial charge in [0.1, 0.15) is 6.04 Å². The van der Waals surface area contributed by atoms with Gasteiger partial charge in [-0.05, 0) is 38.6 Å². The van der Waals surface area contributed by atoms with Gasteiger partial charge in [-0.15, -0.1) is 0 Å². The summed E-state index contributed by atoms with van der Waals surface area (Å²) < 4.78 is 0. The van der Waals surface area contributed by atoms with Gasteiger partial charge < -0.3 is 37.6 Å². The summed E-state index contributed by atoms with van der Waals surface area (Å²) >= 11 is 0. The molecule has 29 heavy (non-hydrogen) atoms. The first-order valence-corrected chi connectivity index (χ1v) is 9.73. The number of amides is 3. The molecule has 0 saturated heterocycles. The highest BCUT2D eigenvalue weighted by molar-refractivity contribution is 5.92. The Bertz CT molecular complexity index is 555. The monoisotopic (exact) mass is 417 g/mol. The maximum absolute atomic E-state index is 12.4. The number of aliphatic hydroxyl groups is 1. The van der Waals surface area contributed by atoms with E-state index < -0.39 is 54.5 Å². The first kappa shape index (κ1) is 26.8. The molecular weight excluding hydrogens is 382 g/mol. The average Bonchev–Trinajstić information content (AvgIpc) is 2.62. The second-order valence-electron chi connectivity index (χ2n) is 7.42. The smallest absolute Gasteiger partial charge is 0.328 e. The summed E-state index contributed by atoms with van der Waals surface area (Å²) in [6.07, 6.45) is 0.911. The van der Waals surface area contributed by atoms with E-state index in [2.05, 4.69) is 16.0 Å². The number of carbonyl (C=O) groups excluding carboxylic acids is 3. The van der Waals surface area contributed by atoms with E-state index in [1.165, 1.54) is 6.92 Å². The van der Waals surface area contributed by atoms with Crippen LogP contribution < -0.4 is 27.4 Å². The summed E-state index contributed by atoms with van der Waals surface area (Å²) in [5, 5.41) is 25.4. The van der Waals surface area contributed by atoms with Gasteiger partial charge in [0, 0.05) is 0 Å². The zero-order valence-electron chi connectivity index (χ0n) is 17.3. The standard InChI is InChI=1S/C18H35N5O6/c1-10(2)8-13(22-16(26)12(20)6-4-5-7-19)17(27)21-9-14(25)23-15(11(3)24)18(28)29/h10-13,15,24H,4-9,19-20H2,1-3H3,(H,21,27)(H,22,26)(H,23,25)(H,28,29). The van der Waals surface area contributed by atoms with Crippen molar-refractivity contribution in [3.05, 3.63) is 0 Å². The van der Waals surface area contributed by atoms with E-state index in [-0.39, 0.29) is 5.92 Å². The predicted octanol–water partition coefficient (Wildman–Crippen LogP) is -1.96. The largest absolute Gasteiger partial charge is 0.480 e. The molecule has 0 bridgehead atoms. The third-order valence-corrected chi connectivity index (χ3v) is 4.13. The fourth-order valence-electron chi connectivity index (χ4n) is 2.53. The van der Waals surface area contributed by atoms with Crippen molar-refractivity contribution in [1.82, 2.24) is 16.0 Å². The molecule has 0 spiro atoms. The van der Waals surface area contributed by atoms with Crippen LogP contribution in [0.3, 0.4) is 0 Å². The molecule has 0 rings (SSSR count). The molecule has 0 saturated carbocycles. The van der Waals surface area contributed by atoms with Crippen LogP contribution >= 0.6 is 0 Å². The van der Waals surface area contributed by atoms with Gasteiger partial charge in [0.15, 0.2) is 6.04 Å². The molecule has 168 valence electrons. The molecule has 11 nitrogen and oxygen atoms in total. The van der Waals surface area contributed by atoms with E-state index >= 15 is 0 Å². The summed E-state index contributed by atoms with van der Waals surface area (Å²) in [5.41, 5.74) is 11.3. The van der Waals surface area contributed by atoms with E-state index in [0.29, 0.717) is 25.8 Å². The lowest BCUT2D eigenvalue weighted by molar-refractivity contribution is -0.144. The molecule has 11 heteroatoms. The zero-order valence-corrected chi connectivity index (χ0v) is 17.3. The number of carboxylic acid groups (broad SMARTS) is 1. The van der Waals surface area contributed by atoms with Gasteiger partial charge in [0.05, 0.1) is 18.7 Å². The molecule has 0 aromatic carbocycles. The van der Waals surface area contributed by atoms with Crippen LogP contribution in [-0.4, -0.2) is 71.2 Å². The summed E-state index contributed by atoms with van der Waals surface area (Å²) in [6.45, 7) is 4.98. The van der Waals surface area contributed by atoms with Crippen molar-refractivity contribution < 1.29 is 29.4 Å². The summed E-state index contributed by atoms with van der Waals surface area (Å²) in [7, 11) is 0. The predicted molar refractivity (Wildman–Crippen MR) is 107 cm³/mol. The molecule has 3 amide bonds. The number of nitrogens with two attached hydrogens (primary N) is 2. The fourth-order valence-corrected chi connectivity index (χ4v) is 2.53. The van der Waals surface area contributed by atoms with Gasteiger partial charge in [-0.3, -0.25) is 14.4 Å². The summed E-state index contributed by atoms with van der Waals surface area (Å²) in [6, 6.07) is -3.14. The molecule has 0 heterocycles. The molecule has 0 aliphatic heterocycles. The van der Waals surface area contributed by atoms with Crippen LogP contribution in [0, 0.1) is 5.92 Å². The van der Waals surface area contributed by atoms with E-state index in [1.807, 2.05) is 13.8 Å². The molecule has 4 unspecified atom stereocenters. The van der Waals surface area contributed by atoms with E-state index in [1.54, 1.807) is 0 Å². The lowest BCUT2D eigenvalue weighted by Gasteiger charge is -2.22. The lowest BCUT2D eigenvalue weighted by Crippen LogP contribution is -2.54. The van der Waals surface area contributed by atoms with Gasteiger partial charge in [-0.2, -0.15) is 0 Å². The number of carbonyl (C=O) groups is 4. The number of hydrogen-bond acceptors (Lipinski definition) is 7. The quantitative estimate of drug-likeness (QED) is 0.158. The number of nitrogens with one attached hydrogen (secondary N) is 3. The third kappa shape index (κ3) is 11.4. The SMILES string of the molecule is CC(C)CC(NC(=O)C(N)CCCCN)C(=O)NCC(=O)NC(C(=O)O)C(C)O.